The second kappa shape index (κ2) is 21.2. The number of hydrogen-bond donors (Lipinski definition) is 3. The summed E-state index contributed by atoms with van der Waals surface area (Å²) in [6, 6.07) is 2.64. The Morgan fingerprint density at radius 2 is 1.03 bits per heavy atom. The first-order valence-electron chi connectivity index (χ1n) is 14.2. The van der Waals surface area contributed by atoms with Crippen LogP contribution in [0.25, 0.3) is 0 Å². The Bertz CT molecular complexity index is 859. The van der Waals surface area contributed by atoms with Crippen LogP contribution >= 0.6 is 7.26 Å². The minimum Gasteiger partial charge on any atom is -0.460 e. The summed E-state index contributed by atoms with van der Waals surface area (Å²) >= 11 is 0. The number of aliphatic hydroxyl groups excluding tert-OH is 2. The van der Waals surface area contributed by atoms with Gasteiger partial charge in [-0.25, -0.2) is 9.59 Å². The third kappa shape index (κ3) is 15.7. The molecule has 1 rings (SSSR count). The minimum atomic E-state index is -4.67. The molecule has 0 saturated carbocycles. The normalized spacial score (nSPS) is 11.9. The predicted octanol–water partition coefficient (Wildman–Crippen LogP) is 5.17. The molecule has 228 valence electrons. The van der Waals surface area contributed by atoms with Crippen LogP contribution in [0.5, 0.6) is 0 Å². The fourth-order valence-electron chi connectivity index (χ4n) is 4.38. The molecule has 0 atom stereocenters. The molecule has 0 unspecified atom stereocenters. The minimum absolute atomic E-state index is 0.320. The van der Waals surface area contributed by atoms with E-state index in [1.807, 2.05) is 0 Å². The van der Waals surface area contributed by atoms with Crippen molar-refractivity contribution in [3.05, 3.63) is 29.3 Å². The monoisotopic (exact) mass is 594 g/mol. The van der Waals surface area contributed by atoms with Crippen molar-refractivity contribution in [2.75, 3.05) is 51.1 Å². The Labute approximate surface area is 235 Å². The summed E-state index contributed by atoms with van der Waals surface area (Å²) < 4.78 is 40.6. The molecule has 0 fully saturated rings. The van der Waals surface area contributed by atoms with Crippen molar-refractivity contribution >= 4 is 29.3 Å². The maximum atomic E-state index is 11.7. The molecule has 0 heterocycles. The van der Waals surface area contributed by atoms with E-state index in [1.54, 1.807) is 24.6 Å². The van der Waals surface area contributed by atoms with Crippen LogP contribution in [0.3, 0.4) is 0 Å². The molecule has 0 aliphatic rings. The number of carbonyl (C=O) groups is 2. The number of unbranched alkanes of at least 4 members (excludes halogenated alkanes) is 4. The van der Waals surface area contributed by atoms with Crippen LogP contribution in [0, 0.1) is 0 Å². The molecule has 0 radical (unpaired) electrons. The van der Waals surface area contributed by atoms with Crippen molar-refractivity contribution in [3.8, 4) is 0 Å². The number of benzene rings is 1. The zero-order chi connectivity index (χ0) is 29.7. The van der Waals surface area contributed by atoms with Gasteiger partial charge in [-0.3, -0.25) is 4.55 Å². The van der Waals surface area contributed by atoms with Gasteiger partial charge in [-0.1, -0.05) is 0 Å². The van der Waals surface area contributed by atoms with Gasteiger partial charge in [0.25, 0.3) is 10.1 Å². The van der Waals surface area contributed by atoms with E-state index in [0.717, 1.165) is 18.2 Å². The fourth-order valence-corrected chi connectivity index (χ4v) is 10.9. The summed E-state index contributed by atoms with van der Waals surface area (Å²) in [7, 11) is -5.55. The van der Waals surface area contributed by atoms with Gasteiger partial charge in [0.2, 0.25) is 0 Å². The average Bonchev–Trinajstić information content (AvgIpc) is 2.93. The van der Waals surface area contributed by atoms with E-state index in [9.17, 15) is 18.0 Å². The molecule has 1 aromatic carbocycles. The Morgan fingerprint density at radius 3 is 1.28 bits per heavy atom. The Kier molecular flexibility index (Phi) is 20.3. The summed E-state index contributed by atoms with van der Waals surface area (Å²) in [6.45, 7) is 7.93. The second-order valence-electron chi connectivity index (χ2n) is 9.85. The Morgan fingerprint density at radius 1 is 0.692 bits per heavy atom. The molecule has 0 spiro atoms. The molecule has 0 aromatic heterocycles. The second-order valence-corrected chi connectivity index (χ2v) is 16.3. The molecule has 11 heteroatoms. The van der Waals surface area contributed by atoms with Crippen LogP contribution in [-0.4, -0.2) is 86.2 Å². The number of hydrogen-bond acceptors (Lipinski definition) is 8. The van der Waals surface area contributed by atoms with E-state index in [0.29, 0.717) is 0 Å². The van der Waals surface area contributed by atoms with Crippen molar-refractivity contribution in [2.45, 2.75) is 84.0 Å². The van der Waals surface area contributed by atoms with Crippen LogP contribution in [0.1, 0.15) is 99.8 Å². The maximum Gasteiger partial charge on any atom is 0.338 e. The topological polar surface area (TPSA) is 147 Å². The summed E-state index contributed by atoms with van der Waals surface area (Å²) in [5, 5.41) is 17.1. The van der Waals surface area contributed by atoms with Gasteiger partial charge in [-0.15, -0.1) is 0 Å². The zero-order valence-electron chi connectivity index (χ0n) is 24.2. The van der Waals surface area contributed by atoms with Crippen molar-refractivity contribution in [1.82, 2.24) is 0 Å². The SMILES string of the molecule is CCCC[PH](CCCC)(CCCC)CCCC.O=C(OCCO)c1cc(C(=O)OCCO)cc(S(=O)(=O)O)c1. The van der Waals surface area contributed by atoms with Crippen LogP contribution < -0.4 is 0 Å². The van der Waals surface area contributed by atoms with E-state index < -0.39 is 47.4 Å². The Hall–Kier alpha value is -1.58. The van der Waals surface area contributed by atoms with Gasteiger partial charge < -0.3 is 19.7 Å². The molecule has 0 aliphatic carbocycles. The molecular formula is C28H51O9PS. The first kappa shape index (κ1) is 37.4. The average molecular weight is 595 g/mol. The van der Waals surface area contributed by atoms with Gasteiger partial charge in [0.05, 0.1) is 29.2 Å². The van der Waals surface area contributed by atoms with Crippen molar-refractivity contribution in [3.63, 3.8) is 0 Å². The molecule has 0 saturated heterocycles. The predicted molar refractivity (Wildman–Crippen MR) is 158 cm³/mol. The number of rotatable bonds is 19. The summed E-state index contributed by atoms with van der Waals surface area (Å²) in [4.78, 5) is 22.6. The summed E-state index contributed by atoms with van der Waals surface area (Å²) in [5.41, 5.74) is -0.640. The van der Waals surface area contributed by atoms with E-state index in [1.165, 1.54) is 51.4 Å². The first-order chi connectivity index (χ1) is 18.5. The van der Waals surface area contributed by atoms with E-state index >= 15 is 0 Å². The third-order valence-corrected chi connectivity index (χ3v) is 13.1. The molecular weight excluding hydrogens is 543 g/mol. The van der Waals surface area contributed by atoms with E-state index in [4.69, 9.17) is 14.8 Å². The van der Waals surface area contributed by atoms with Gasteiger partial charge in [0.1, 0.15) is 13.2 Å². The van der Waals surface area contributed by atoms with Crippen LogP contribution in [-0.2, 0) is 19.6 Å². The number of ether oxygens (including phenoxy) is 2. The molecule has 0 bridgehead atoms. The summed E-state index contributed by atoms with van der Waals surface area (Å²) in [5.74, 6) is -1.98. The molecule has 9 nitrogen and oxygen atoms in total. The largest absolute Gasteiger partial charge is 0.460 e. The number of aliphatic hydroxyl groups is 2. The zero-order valence-corrected chi connectivity index (χ0v) is 26.1. The molecule has 1 aromatic rings. The quantitative estimate of drug-likeness (QED) is 0.112. The summed E-state index contributed by atoms with van der Waals surface area (Å²) in [6.07, 6.45) is 18.1. The Balaban J connectivity index is 0.000000768. The molecule has 3 N–H and O–H groups in total. The van der Waals surface area contributed by atoms with Crippen LogP contribution in [0.2, 0.25) is 0 Å². The fraction of sp³-hybridized carbons (Fsp3) is 0.714. The third-order valence-electron chi connectivity index (χ3n) is 6.57. The van der Waals surface area contributed by atoms with E-state index in [-0.39, 0.29) is 24.3 Å². The van der Waals surface area contributed by atoms with Gasteiger partial charge in [0.15, 0.2) is 0 Å². The van der Waals surface area contributed by atoms with Gasteiger partial charge in [-0.05, 0) is 18.2 Å². The molecule has 0 aliphatic heterocycles. The molecule has 0 amide bonds. The smallest absolute Gasteiger partial charge is 0.338 e. The van der Waals surface area contributed by atoms with Crippen LogP contribution in [0.15, 0.2) is 23.1 Å². The van der Waals surface area contributed by atoms with Crippen LogP contribution in [0.4, 0.5) is 0 Å². The first-order valence-corrected chi connectivity index (χ1v) is 18.5. The van der Waals surface area contributed by atoms with E-state index in [2.05, 4.69) is 37.2 Å². The van der Waals surface area contributed by atoms with Gasteiger partial charge >= 0.3 is 123 Å². The van der Waals surface area contributed by atoms with Crippen molar-refractivity contribution in [1.29, 1.82) is 0 Å². The molecule has 39 heavy (non-hydrogen) atoms. The standard InChI is InChI=1S/C16H37P.C12H14O9S/c1-5-9-13-17(14-10-6-2,15-11-7-3)16-12-8-4;13-1-3-20-11(15)8-5-9(12(16)21-4-2-14)7-10(6-8)22(17,18)19/h17H,5-16H2,1-4H3;5-7,13-14H,1-4H2,(H,17,18,19). The van der Waals surface area contributed by atoms with Gasteiger partial charge in [0, 0.05) is 0 Å². The number of carbonyl (C=O) groups excluding carboxylic acids is 2. The van der Waals surface area contributed by atoms with Crippen molar-refractivity contribution < 1.29 is 42.2 Å². The van der Waals surface area contributed by atoms with Gasteiger partial charge in [-0.2, -0.15) is 8.42 Å². The number of esters is 2. The van der Waals surface area contributed by atoms with Crippen molar-refractivity contribution in [2.24, 2.45) is 0 Å². The maximum absolute atomic E-state index is 11.7.